The van der Waals surface area contributed by atoms with Crippen molar-refractivity contribution in [2.24, 2.45) is 0 Å². The molecule has 1 aliphatic rings. The molecule has 0 aliphatic carbocycles. The molecule has 0 bridgehead atoms. The minimum atomic E-state index is -0.375. The summed E-state index contributed by atoms with van der Waals surface area (Å²) in [5.74, 6) is 2.23. The molecular weight excluding hydrogens is 357 g/mol. The molecule has 7 heteroatoms. The minimum absolute atomic E-state index is 0.0409. The fraction of sp³-hybridized carbons (Fsp3) is 0.125. The first-order valence-electron chi connectivity index (χ1n) is 6.39. The van der Waals surface area contributed by atoms with E-state index in [0.29, 0.717) is 10.5 Å². The van der Waals surface area contributed by atoms with Crippen LogP contribution in [0.4, 0.5) is 4.79 Å². The first kappa shape index (κ1) is 17.5. The number of carbonyl (C=O) groups excluding carboxylic acids is 2. The second-order valence-electron chi connectivity index (χ2n) is 4.39. The monoisotopic (exact) mass is 367 g/mol. The van der Waals surface area contributed by atoms with E-state index in [1.165, 1.54) is 6.08 Å². The Kier molecular flexibility index (Phi) is 5.78. The predicted octanol–water partition coefficient (Wildman–Crippen LogP) is 4.23. The van der Waals surface area contributed by atoms with Gasteiger partial charge in [0, 0.05) is 6.54 Å². The van der Waals surface area contributed by atoms with Crippen molar-refractivity contribution < 1.29 is 14.3 Å². The van der Waals surface area contributed by atoms with Crippen molar-refractivity contribution in [1.82, 2.24) is 4.90 Å². The van der Waals surface area contributed by atoms with Gasteiger partial charge in [0.15, 0.2) is 5.75 Å². The van der Waals surface area contributed by atoms with Gasteiger partial charge < -0.3 is 4.74 Å². The molecule has 0 radical (unpaired) electrons. The number of nitrogens with zero attached hydrogens (tertiary/aromatic N) is 1. The SMILES string of the molecule is C#CCOc1c(Cl)cc(/C=C2/SC(=O)N(CC=C)C2=O)cc1Cl. The maximum atomic E-state index is 12.1. The molecule has 4 nitrogen and oxygen atoms in total. The minimum Gasteiger partial charge on any atom is -0.478 e. The van der Waals surface area contributed by atoms with Gasteiger partial charge in [-0.3, -0.25) is 14.5 Å². The number of halogens is 2. The molecule has 0 N–H and O–H groups in total. The summed E-state index contributed by atoms with van der Waals surface area (Å²) in [6.07, 6.45) is 8.17. The number of terminal acetylenes is 1. The molecule has 23 heavy (non-hydrogen) atoms. The number of rotatable bonds is 5. The summed E-state index contributed by atoms with van der Waals surface area (Å²) in [6.45, 7) is 3.73. The third kappa shape index (κ3) is 3.91. The molecule has 1 saturated heterocycles. The first-order chi connectivity index (χ1) is 11.0. The number of carbonyl (C=O) groups is 2. The van der Waals surface area contributed by atoms with Crippen LogP contribution in [-0.2, 0) is 4.79 Å². The number of ether oxygens (including phenoxy) is 1. The van der Waals surface area contributed by atoms with Crippen molar-refractivity contribution in [2.75, 3.05) is 13.2 Å². The smallest absolute Gasteiger partial charge is 0.293 e. The van der Waals surface area contributed by atoms with Gasteiger partial charge in [-0.2, -0.15) is 0 Å². The number of hydrogen-bond acceptors (Lipinski definition) is 4. The van der Waals surface area contributed by atoms with E-state index in [0.717, 1.165) is 16.7 Å². The zero-order chi connectivity index (χ0) is 17.0. The molecule has 0 saturated carbocycles. The van der Waals surface area contributed by atoms with Gasteiger partial charge in [-0.1, -0.05) is 35.2 Å². The van der Waals surface area contributed by atoms with Gasteiger partial charge in [-0.05, 0) is 35.5 Å². The van der Waals surface area contributed by atoms with Gasteiger partial charge >= 0.3 is 0 Å². The van der Waals surface area contributed by atoms with Crippen LogP contribution in [0.2, 0.25) is 10.0 Å². The number of hydrogen-bond donors (Lipinski definition) is 0. The molecule has 2 amide bonds. The zero-order valence-electron chi connectivity index (χ0n) is 11.8. The standard InChI is InChI=1S/C16H11Cl2NO3S/c1-3-5-19-15(20)13(23-16(19)21)9-10-7-11(17)14(12(18)8-10)22-6-4-2/h2-3,7-9H,1,5-6H2/b13-9+. The average molecular weight is 368 g/mol. The Hall–Kier alpha value is -1.87. The Bertz CT molecular complexity index is 729. The number of benzene rings is 1. The average Bonchev–Trinajstić information content (AvgIpc) is 2.74. The lowest BCUT2D eigenvalue weighted by Crippen LogP contribution is -2.27. The molecular formula is C16H11Cl2NO3S. The lowest BCUT2D eigenvalue weighted by Gasteiger charge is -2.09. The summed E-state index contributed by atoms with van der Waals surface area (Å²) >= 11 is 13.1. The summed E-state index contributed by atoms with van der Waals surface area (Å²) in [7, 11) is 0. The van der Waals surface area contributed by atoms with Crippen molar-refractivity contribution in [1.29, 1.82) is 0 Å². The number of imide groups is 1. The largest absolute Gasteiger partial charge is 0.478 e. The van der Waals surface area contributed by atoms with Crippen LogP contribution in [0.15, 0.2) is 29.7 Å². The van der Waals surface area contributed by atoms with Crippen LogP contribution in [0.25, 0.3) is 6.08 Å². The Balaban J connectivity index is 2.30. The van der Waals surface area contributed by atoms with Crippen LogP contribution in [-0.4, -0.2) is 29.2 Å². The quantitative estimate of drug-likeness (QED) is 0.443. The van der Waals surface area contributed by atoms with Crippen molar-refractivity contribution in [2.45, 2.75) is 0 Å². The van der Waals surface area contributed by atoms with E-state index < -0.39 is 0 Å². The first-order valence-corrected chi connectivity index (χ1v) is 7.96. The predicted molar refractivity (Wildman–Crippen MR) is 93.7 cm³/mol. The Morgan fingerprint density at radius 3 is 2.57 bits per heavy atom. The van der Waals surface area contributed by atoms with Crippen LogP contribution in [0, 0.1) is 12.3 Å². The highest BCUT2D eigenvalue weighted by Crippen LogP contribution is 2.37. The maximum Gasteiger partial charge on any atom is 0.293 e. The third-order valence-electron chi connectivity index (χ3n) is 2.80. The van der Waals surface area contributed by atoms with Gasteiger partial charge in [-0.15, -0.1) is 13.0 Å². The van der Waals surface area contributed by atoms with Crippen molar-refractivity contribution in [3.63, 3.8) is 0 Å². The van der Waals surface area contributed by atoms with Crippen LogP contribution >= 0.6 is 35.0 Å². The van der Waals surface area contributed by atoms with E-state index in [-0.39, 0.29) is 40.1 Å². The van der Waals surface area contributed by atoms with Gasteiger partial charge in [0.05, 0.1) is 15.0 Å². The fourth-order valence-corrected chi connectivity index (χ4v) is 3.31. The van der Waals surface area contributed by atoms with Gasteiger partial charge in [0.25, 0.3) is 11.1 Å². The molecule has 2 rings (SSSR count). The van der Waals surface area contributed by atoms with Gasteiger partial charge in [0.2, 0.25) is 0 Å². The second-order valence-corrected chi connectivity index (χ2v) is 6.20. The molecule has 0 spiro atoms. The van der Waals surface area contributed by atoms with Crippen LogP contribution in [0.1, 0.15) is 5.56 Å². The lowest BCUT2D eigenvalue weighted by molar-refractivity contribution is -0.122. The summed E-state index contributed by atoms with van der Waals surface area (Å²) in [5, 5.41) is 0.195. The highest BCUT2D eigenvalue weighted by Gasteiger charge is 2.34. The summed E-state index contributed by atoms with van der Waals surface area (Å²) in [4.78, 5) is 25.3. The molecule has 1 aliphatic heterocycles. The normalized spacial score (nSPS) is 15.9. The second kappa shape index (κ2) is 7.60. The fourth-order valence-electron chi connectivity index (χ4n) is 1.85. The van der Waals surface area contributed by atoms with E-state index in [2.05, 4.69) is 12.5 Å². The maximum absolute atomic E-state index is 12.1. The molecule has 1 heterocycles. The highest BCUT2D eigenvalue weighted by molar-refractivity contribution is 8.18. The van der Waals surface area contributed by atoms with Gasteiger partial charge in [0.1, 0.15) is 6.61 Å². The van der Waals surface area contributed by atoms with Crippen molar-refractivity contribution >= 4 is 52.2 Å². The highest BCUT2D eigenvalue weighted by atomic mass is 35.5. The van der Waals surface area contributed by atoms with E-state index in [9.17, 15) is 9.59 Å². The molecule has 0 aromatic heterocycles. The molecule has 0 atom stereocenters. The van der Waals surface area contributed by atoms with Crippen LogP contribution in [0.5, 0.6) is 5.75 Å². The molecule has 1 aromatic rings. The molecule has 1 fully saturated rings. The van der Waals surface area contributed by atoms with E-state index >= 15 is 0 Å². The molecule has 1 aromatic carbocycles. The van der Waals surface area contributed by atoms with E-state index in [1.807, 2.05) is 0 Å². The Morgan fingerprint density at radius 1 is 1.35 bits per heavy atom. The van der Waals surface area contributed by atoms with Crippen LogP contribution < -0.4 is 4.74 Å². The summed E-state index contributed by atoms with van der Waals surface area (Å²) < 4.78 is 5.26. The van der Waals surface area contributed by atoms with E-state index in [1.54, 1.807) is 18.2 Å². The Morgan fingerprint density at radius 2 is 2.00 bits per heavy atom. The third-order valence-corrected chi connectivity index (χ3v) is 4.27. The Labute approximate surface area is 148 Å². The summed E-state index contributed by atoms with van der Waals surface area (Å²) in [6, 6.07) is 3.17. The molecule has 0 unspecified atom stereocenters. The van der Waals surface area contributed by atoms with Crippen molar-refractivity contribution in [3.05, 3.63) is 45.3 Å². The zero-order valence-corrected chi connectivity index (χ0v) is 14.2. The number of amides is 2. The number of thioether (sulfide) groups is 1. The van der Waals surface area contributed by atoms with E-state index in [4.69, 9.17) is 34.4 Å². The van der Waals surface area contributed by atoms with Gasteiger partial charge in [-0.25, -0.2) is 0 Å². The lowest BCUT2D eigenvalue weighted by atomic mass is 10.2. The topological polar surface area (TPSA) is 46.6 Å². The van der Waals surface area contributed by atoms with Crippen molar-refractivity contribution in [3.8, 4) is 18.1 Å². The summed E-state index contributed by atoms with van der Waals surface area (Å²) in [5.41, 5.74) is 0.581. The van der Waals surface area contributed by atoms with Crippen LogP contribution in [0.3, 0.4) is 0 Å². The molecule has 118 valence electrons.